The number of carboxylic acids is 1. The van der Waals surface area contributed by atoms with E-state index >= 15 is 0 Å². The molecule has 0 spiro atoms. The second-order valence-electron chi connectivity index (χ2n) is 2.11. The average molecular weight is 173 g/mol. The molecule has 11 heavy (non-hydrogen) atoms. The van der Waals surface area contributed by atoms with E-state index in [1.807, 2.05) is 0 Å². The zero-order valence-corrected chi connectivity index (χ0v) is 6.63. The van der Waals surface area contributed by atoms with Crippen molar-refractivity contribution < 1.29 is 15.0 Å². The minimum absolute atomic E-state index is 0.370. The Morgan fingerprint density at radius 2 is 2.45 bits per heavy atom. The molecule has 1 heterocycles. The van der Waals surface area contributed by atoms with Crippen molar-refractivity contribution in [3.05, 3.63) is 16.6 Å². The van der Waals surface area contributed by atoms with Gasteiger partial charge in [0, 0.05) is 0 Å². The van der Waals surface area contributed by atoms with Crippen LogP contribution in [0.4, 0.5) is 0 Å². The van der Waals surface area contributed by atoms with Gasteiger partial charge >= 0.3 is 5.97 Å². The number of hydrogen-bond acceptors (Lipinski definition) is 4. The zero-order valence-electron chi connectivity index (χ0n) is 5.81. The molecule has 0 aliphatic rings. The summed E-state index contributed by atoms with van der Waals surface area (Å²) in [5.41, 5.74) is 0.727. The molecule has 1 rings (SSSR count). The Balaban J connectivity index is 2.84. The number of aryl methyl sites for hydroxylation is 1. The Bertz CT molecular complexity index is 271. The van der Waals surface area contributed by atoms with Gasteiger partial charge in [-0.2, -0.15) is 4.37 Å². The normalized spacial score (nSPS) is 12.9. The lowest BCUT2D eigenvalue weighted by molar-refractivity contribution is -0.146. The molecule has 0 saturated carbocycles. The van der Waals surface area contributed by atoms with Gasteiger partial charge in [0.15, 0.2) is 6.10 Å². The first-order valence-corrected chi connectivity index (χ1v) is 3.72. The smallest absolute Gasteiger partial charge is 0.338 e. The van der Waals surface area contributed by atoms with Crippen LogP contribution in [0.2, 0.25) is 0 Å². The molecule has 4 nitrogen and oxygen atoms in total. The van der Waals surface area contributed by atoms with Crippen LogP contribution in [0.25, 0.3) is 0 Å². The second kappa shape index (κ2) is 2.98. The van der Waals surface area contributed by atoms with Crippen LogP contribution >= 0.6 is 11.5 Å². The summed E-state index contributed by atoms with van der Waals surface area (Å²) >= 11 is 1.01. The monoisotopic (exact) mass is 173 g/mol. The van der Waals surface area contributed by atoms with Gasteiger partial charge in [-0.3, -0.25) is 0 Å². The minimum Gasteiger partial charge on any atom is -0.479 e. The van der Waals surface area contributed by atoms with E-state index in [-0.39, 0.29) is 0 Å². The van der Waals surface area contributed by atoms with E-state index in [1.165, 1.54) is 0 Å². The molecule has 1 atom stereocenters. The number of hydrogen-bond donors (Lipinski definition) is 2. The molecule has 1 unspecified atom stereocenters. The van der Waals surface area contributed by atoms with Crippen molar-refractivity contribution >= 4 is 17.5 Å². The van der Waals surface area contributed by atoms with E-state index in [2.05, 4.69) is 4.37 Å². The molecule has 60 valence electrons. The van der Waals surface area contributed by atoms with Gasteiger partial charge < -0.3 is 10.2 Å². The van der Waals surface area contributed by atoms with Gasteiger partial charge in [0.25, 0.3) is 0 Å². The summed E-state index contributed by atoms with van der Waals surface area (Å²) in [5.74, 6) is -1.24. The van der Waals surface area contributed by atoms with Crippen molar-refractivity contribution in [3.63, 3.8) is 0 Å². The quantitative estimate of drug-likeness (QED) is 0.685. The lowest BCUT2D eigenvalue weighted by Crippen LogP contribution is -2.08. The van der Waals surface area contributed by atoms with E-state index in [4.69, 9.17) is 10.2 Å². The van der Waals surface area contributed by atoms with Crippen LogP contribution in [0.15, 0.2) is 6.07 Å². The van der Waals surface area contributed by atoms with Crippen LogP contribution in [-0.4, -0.2) is 20.6 Å². The maximum atomic E-state index is 10.2. The molecule has 0 amide bonds. The highest BCUT2D eigenvalue weighted by molar-refractivity contribution is 7.06. The maximum Gasteiger partial charge on any atom is 0.338 e. The van der Waals surface area contributed by atoms with Gasteiger partial charge in [-0.05, 0) is 24.5 Å². The summed E-state index contributed by atoms with van der Waals surface area (Å²) in [7, 11) is 0. The highest BCUT2D eigenvalue weighted by Gasteiger charge is 2.17. The van der Waals surface area contributed by atoms with Crippen molar-refractivity contribution in [2.45, 2.75) is 13.0 Å². The van der Waals surface area contributed by atoms with E-state index in [9.17, 15) is 4.79 Å². The first-order chi connectivity index (χ1) is 5.11. The average Bonchev–Trinajstić information content (AvgIpc) is 2.34. The lowest BCUT2D eigenvalue weighted by atomic mass is 10.3. The number of rotatable bonds is 2. The number of carbonyl (C=O) groups is 1. The molecule has 1 aromatic rings. The van der Waals surface area contributed by atoms with Crippen LogP contribution in [0.3, 0.4) is 0 Å². The maximum absolute atomic E-state index is 10.2. The zero-order chi connectivity index (χ0) is 8.43. The molecule has 5 heteroatoms. The van der Waals surface area contributed by atoms with Crippen molar-refractivity contribution in [2.75, 3.05) is 0 Å². The highest BCUT2D eigenvalue weighted by Crippen LogP contribution is 2.18. The van der Waals surface area contributed by atoms with Crippen LogP contribution < -0.4 is 0 Å². The molecule has 0 aromatic carbocycles. The molecule has 0 fully saturated rings. The topological polar surface area (TPSA) is 70.4 Å². The predicted octanol–water partition coefficient (Wildman–Crippen LogP) is 0.570. The Labute approximate surface area is 67.3 Å². The first kappa shape index (κ1) is 8.16. The standard InChI is InChI=1S/C6H7NO3S/c1-3-2-4(11-7-3)5(8)6(9)10/h2,5,8H,1H3,(H,9,10). The van der Waals surface area contributed by atoms with Gasteiger partial charge in [-0.25, -0.2) is 4.79 Å². The molecule has 2 N–H and O–H groups in total. The fraction of sp³-hybridized carbons (Fsp3) is 0.333. The van der Waals surface area contributed by atoms with Crippen molar-refractivity contribution in [2.24, 2.45) is 0 Å². The summed E-state index contributed by atoms with van der Waals surface area (Å²) in [6.45, 7) is 1.74. The number of aliphatic hydroxyl groups excluding tert-OH is 1. The van der Waals surface area contributed by atoms with Crippen LogP contribution in [0.1, 0.15) is 16.7 Å². The molecule has 1 aromatic heterocycles. The summed E-state index contributed by atoms with van der Waals surface area (Å²) in [6, 6.07) is 1.56. The Hall–Kier alpha value is -0.940. The molecule has 0 radical (unpaired) electrons. The number of aliphatic hydroxyl groups is 1. The fourth-order valence-corrected chi connectivity index (χ4v) is 1.36. The molecule has 0 aliphatic carbocycles. The van der Waals surface area contributed by atoms with E-state index in [1.54, 1.807) is 13.0 Å². The van der Waals surface area contributed by atoms with E-state index < -0.39 is 12.1 Å². The third-order valence-electron chi connectivity index (χ3n) is 1.15. The van der Waals surface area contributed by atoms with Gasteiger partial charge in [0.1, 0.15) is 0 Å². The van der Waals surface area contributed by atoms with E-state index in [0.29, 0.717) is 4.88 Å². The summed E-state index contributed by atoms with van der Waals surface area (Å²) in [6.07, 6.45) is -1.43. The summed E-state index contributed by atoms with van der Waals surface area (Å²) in [5, 5.41) is 17.4. The van der Waals surface area contributed by atoms with Crippen molar-refractivity contribution in [3.8, 4) is 0 Å². The predicted molar refractivity (Wildman–Crippen MR) is 39.4 cm³/mol. The number of aromatic nitrogens is 1. The Morgan fingerprint density at radius 3 is 2.82 bits per heavy atom. The minimum atomic E-state index is -1.43. The second-order valence-corrected chi connectivity index (χ2v) is 2.95. The van der Waals surface area contributed by atoms with Crippen molar-refractivity contribution in [1.82, 2.24) is 4.37 Å². The van der Waals surface area contributed by atoms with Crippen LogP contribution in [0, 0.1) is 6.92 Å². The van der Waals surface area contributed by atoms with Crippen LogP contribution in [0.5, 0.6) is 0 Å². The SMILES string of the molecule is Cc1cc(C(O)C(=O)O)sn1. The van der Waals surface area contributed by atoms with E-state index in [0.717, 1.165) is 17.2 Å². The number of carboxylic acid groups (broad SMARTS) is 1. The molecule has 0 bridgehead atoms. The highest BCUT2D eigenvalue weighted by atomic mass is 32.1. The van der Waals surface area contributed by atoms with Gasteiger partial charge in [-0.15, -0.1) is 0 Å². The molecule has 0 saturated heterocycles. The third kappa shape index (κ3) is 1.75. The lowest BCUT2D eigenvalue weighted by Gasteiger charge is -1.98. The Morgan fingerprint density at radius 1 is 1.82 bits per heavy atom. The molecule has 0 aliphatic heterocycles. The van der Waals surface area contributed by atoms with Crippen molar-refractivity contribution in [1.29, 1.82) is 0 Å². The molecular weight excluding hydrogens is 166 g/mol. The van der Waals surface area contributed by atoms with Gasteiger partial charge in [0.05, 0.1) is 10.6 Å². The van der Waals surface area contributed by atoms with Crippen LogP contribution in [-0.2, 0) is 4.79 Å². The summed E-state index contributed by atoms with van der Waals surface area (Å²) in [4.78, 5) is 10.6. The van der Waals surface area contributed by atoms with Gasteiger partial charge in [0.2, 0.25) is 0 Å². The van der Waals surface area contributed by atoms with Gasteiger partial charge in [-0.1, -0.05) is 0 Å². The summed E-state index contributed by atoms with van der Waals surface area (Å²) < 4.78 is 3.84. The third-order valence-corrected chi connectivity index (χ3v) is 2.08. The molecular formula is C6H7NO3S. The number of aliphatic carboxylic acids is 1. The largest absolute Gasteiger partial charge is 0.479 e. The number of nitrogens with zero attached hydrogens (tertiary/aromatic N) is 1. The fourth-order valence-electron chi connectivity index (χ4n) is 0.634. The first-order valence-electron chi connectivity index (χ1n) is 2.95. The Kier molecular flexibility index (Phi) is 2.21.